The predicted molar refractivity (Wildman–Crippen MR) is 72.2 cm³/mol. The third-order valence-electron chi connectivity index (χ3n) is 2.93. The van der Waals surface area contributed by atoms with E-state index in [1.807, 2.05) is 19.1 Å². The van der Waals surface area contributed by atoms with E-state index >= 15 is 0 Å². The monoisotopic (exact) mass is 265 g/mol. The summed E-state index contributed by atoms with van der Waals surface area (Å²) in [6.45, 7) is 2.40. The average molecular weight is 266 g/mol. The van der Waals surface area contributed by atoms with E-state index < -0.39 is 0 Å². The van der Waals surface area contributed by atoms with Crippen LogP contribution in [0.15, 0.2) is 24.5 Å². The second kappa shape index (κ2) is 5.42. The lowest BCUT2D eigenvalue weighted by Gasteiger charge is -2.18. The van der Waals surface area contributed by atoms with Crippen LogP contribution in [0.2, 0.25) is 5.02 Å². The standard InChI is InChI=1S/C13H16ClN3O/c1-8-5-9(14)6-10(12(8)18-2)11(7-15)13-16-3-4-17-13/h3-6,11H,7,15H2,1-2H3,(H,16,17). The maximum absolute atomic E-state index is 6.11. The summed E-state index contributed by atoms with van der Waals surface area (Å²) in [6, 6.07) is 3.76. The second-order valence-electron chi connectivity index (χ2n) is 4.11. The largest absolute Gasteiger partial charge is 0.496 e. The van der Waals surface area contributed by atoms with E-state index in [0.29, 0.717) is 11.6 Å². The van der Waals surface area contributed by atoms with Crippen LogP contribution in [-0.4, -0.2) is 23.6 Å². The van der Waals surface area contributed by atoms with Crippen molar-refractivity contribution in [3.63, 3.8) is 0 Å². The maximum atomic E-state index is 6.11. The van der Waals surface area contributed by atoms with Crippen LogP contribution in [-0.2, 0) is 0 Å². The highest BCUT2D eigenvalue weighted by Crippen LogP contribution is 2.34. The molecule has 0 spiro atoms. The summed E-state index contributed by atoms with van der Waals surface area (Å²) >= 11 is 6.11. The minimum atomic E-state index is -0.0488. The summed E-state index contributed by atoms with van der Waals surface area (Å²) in [4.78, 5) is 7.35. The Morgan fingerprint density at radius 2 is 2.28 bits per heavy atom. The van der Waals surface area contributed by atoms with Crippen LogP contribution >= 0.6 is 11.6 Å². The van der Waals surface area contributed by atoms with Gasteiger partial charge >= 0.3 is 0 Å². The van der Waals surface area contributed by atoms with Crippen molar-refractivity contribution in [1.82, 2.24) is 9.97 Å². The lowest BCUT2D eigenvalue weighted by molar-refractivity contribution is 0.404. The van der Waals surface area contributed by atoms with E-state index in [1.54, 1.807) is 19.5 Å². The molecule has 3 N–H and O–H groups in total. The molecule has 0 saturated carbocycles. The Hall–Kier alpha value is -1.52. The molecule has 1 aromatic carbocycles. The molecule has 1 atom stereocenters. The van der Waals surface area contributed by atoms with Crippen LogP contribution in [0, 0.1) is 6.92 Å². The molecule has 0 aliphatic carbocycles. The minimum Gasteiger partial charge on any atom is -0.496 e. The first-order valence-corrected chi connectivity index (χ1v) is 6.08. The molecule has 0 amide bonds. The molecule has 4 nitrogen and oxygen atoms in total. The van der Waals surface area contributed by atoms with Crippen LogP contribution in [0.4, 0.5) is 0 Å². The number of imidazole rings is 1. The topological polar surface area (TPSA) is 63.9 Å². The van der Waals surface area contributed by atoms with Crippen molar-refractivity contribution in [2.24, 2.45) is 5.73 Å². The molecule has 0 aliphatic heterocycles. The number of nitrogens with one attached hydrogen (secondary N) is 1. The average Bonchev–Trinajstić information content (AvgIpc) is 2.83. The first-order chi connectivity index (χ1) is 8.67. The number of nitrogens with zero attached hydrogens (tertiary/aromatic N) is 1. The summed E-state index contributed by atoms with van der Waals surface area (Å²) in [7, 11) is 1.65. The second-order valence-corrected chi connectivity index (χ2v) is 4.54. The van der Waals surface area contributed by atoms with Crippen molar-refractivity contribution < 1.29 is 4.74 Å². The molecule has 2 aromatic rings. The van der Waals surface area contributed by atoms with E-state index in [4.69, 9.17) is 22.1 Å². The van der Waals surface area contributed by atoms with Gasteiger partial charge in [0.15, 0.2) is 0 Å². The first-order valence-electron chi connectivity index (χ1n) is 5.70. The summed E-state index contributed by atoms with van der Waals surface area (Å²) in [5.41, 5.74) is 7.81. The normalized spacial score (nSPS) is 12.4. The Morgan fingerprint density at radius 3 is 2.83 bits per heavy atom. The van der Waals surface area contributed by atoms with Gasteiger partial charge in [0.25, 0.3) is 0 Å². The van der Waals surface area contributed by atoms with E-state index in [1.165, 1.54) is 0 Å². The quantitative estimate of drug-likeness (QED) is 0.893. The third-order valence-corrected chi connectivity index (χ3v) is 3.15. The number of aryl methyl sites for hydroxylation is 1. The highest BCUT2D eigenvalue weighted by molar-refractivity contribution is 6.30. The summed E-state index contributed by atoms with van der Waals surface area (Å²) < 4.78 is 5.46. The van der Waals surface area contributed by atoms with Gasteiger partial charge in [-0.05, 0) is 24.6 Å². The molecule has 2 rings (SSSR count). The molecule has 0 aliphatic rings. The highest BCUT2D eigenvalue weighted by Gasteiger charge is 2.21. The smallest absolute Gasteiger partial charge is 0.125 e. The maximum Gasteiger partial charge on any atom is 0.125 e. The molecule has 0 saturated heterocycles. The zero-order chi connectivity index (χ0) is 13.1. The number of methoxy groups -OCH3 is 1. The van der Waals surface area contributed by atoms with Gasteiger partial charge in [-0.15, -0.1) is 0 Å². The molecular weight excluding hydrogens is 250 g/mol. The Labute approximate surface area is 111 Å². The Morgan fingerprint density at radius 1 is 1.50 bits per heavy atom. The molecule has 1 aromatic heterocycles. The molecule has 1 unspecified atom stereocenters. The van der Waals surface area contributed by atoms with Gasteiger partial charge in [-0.2, -0.15) is 0 Å². The van der Waals surface area contributed by atoms with Gasteiger partial charge in [-0.3, -0.25) is 0 Å². The SMILES string of the molecule is COc1c(C)cc(Cl)cc1C(CN)c1ncc[nH]1. The van der Waals surface area contributed by atoms with Crippen molar-refractivity contribution in [3.8, 4) is 5.75 Å². The Bertz CT molecular complexity index is 525. The highest BCUT2D eigenvalue weighted by atomic mass is 35.5. The minimum absolute atomic E-state index is 0.0488. The van der Waals surface area contributed by atoms with Crippen molar-refractivity contribution in [2.75, 3.05) is 13.7 Å². The van der Waals surface area contributed by atoms with E-state index in [0.717, 1.165) is 22.7 Å². The van der Waals surface area contributed by atoms with Gasteiger partial charge in [-0.1, -0.05) is 11.6 Å². The van der Waals surface area contributed by atoms with Gasteiger partial charge in [0, 0.05) is 29.5 Å². The first kappa shape index (κ1) is 12.9. The number of hydrogen-bond acceptors (Lipinski definition) is 3. The van der Waals surface area contributed by atoms with Gasteiger partial charge in [0.05, 0.1) is 13.0 Å². The number of rotatable bonds is 4. The van der Waals surface area contributed by atoms with Gasteiger partial charge in [-0.25, -0.2) is 4.98 Å². The number of aromatic amines is 1. The molecule has 0 fully saturated rings. The summed E-state index contributed by atoms with van der Waals surface area (Å²) in [5, 5.41) is 0.674. The Balaban J connectivity index is 2.54. The van der Waals surface area contributed by atoms with Gasteiger partial charge in [0.2, 0.25) is 0 Å². The van der Waals surface area contributed by atoms with Crippen LogP contribution < -0.4 is 10.5 Å². The number of benzene rings is 1. The fraction of sp³-hybridized carbons (Fsp3) is 0.308. The van der Waals surface area contributed by atoms with E-state index in [2.05, 4.69) is 9.97 Å². The number of halogens is 1. The zero-order valence-corrected chi connectivity index (χ0v) is 11.2. The van der Waals surface area contributed by atoms with E-state index in [-0.39, 0.29) is 5.92 Å². The van der Waals surface area contributed by atoms with Gasteiger partial charge in [0.1, 0.15) is 11.6 Å². The summed E-state index contributed by atoms with van der Waals surface area (Å²) in [6.07, 6.45) is 3.49. The summed E-state index contributed by atoms with van der Waals surface area (Å²) in [5.74, 6) is 1.58. The van der Waals surface area contributed by atoms with E-state index in [9.17, 15) is 0 Å². The van der Waals surface area contributed by atoms with Gasteiger partial charge < -0.3 is 15.5 Å². The number of nitrogens with two attached hydrogens (primary N) is 1. The Kier molecular flexibility index (Phi) is 3.89. The number of H-pyrrole nitrogens is 1. The molecule has 96 valence electrons. The molecule has 18 heavy (non-hydrogen) atoms. The van der Waals surface area contributed by atoms with Crippen LogP contribution in [0.1, 0.15) is 22.9 Å². The van der Waals surface area contributed by atoms with Crippen molar-refractivity contribution in [3.05, 3.63) is 46.5 Å². The molecular formula is C13H16ClN3O. The lowest BCUT2D eigenvalue weighted by atomic mass is 9.95. The van der Waals surface area contributed by atoms with Crippen LogP contribution in [0.3, 0.4) is 0 Å². The van der Waals surface area contributed by atoms with Crippen molar-refractivity contribution >= 4 is 11.6 Å². The van der Waals surface area contributed by atoms with Crippen molar-refractivity contribution in [2.45, 2.75) is 12.8 Å². The molecule has 0 radical (unpaired) electrons. The zero-order valence-electron chi connectivity index (χ0n) is 10.4. The van der Waals surface area contributed by atoms with Crippen LogP contribution in [0.5, 0.6) is 5.75 Å². The number of aromatic nitrogens is 2. The molecule has 5 heteroatoms. The number of ether oxygens (including phenoxy) is 1. The fourth-order valence-electron chi connectivity index (χ4n) is 2.15. The van der Waals surface area contributed by atoms with Crippen LogP contribution in [0.25, 0.3) is 0 Å². The third kappa shape index (κ3) is 2.35. The lowest BCUT2D eigenvalue weighted by Crippen LogP contribution is -2.16. The predicted octanol–water partition coefficient (Wildman–Crippen LogP) is 2.47. The molecule has 0 bridgehead atoms. The van der Waals surface area contributed by atoms with Crippen molar-refractivity contribution in [1.29, 1.82) is 0 Å². The molecule has 1 heterocycles. The number of hydrogen-bond donors (Lipinski definition) is 2. The fourth-order valence-corrected chi connectivity index (χ4v) is 2.43.